The van der Waals surface area contributed by atoms with Crippen molar-refractivity contribution in [3.63, 3.8) is 0 Å². The molecule has 11 heteroatoms. The molecule has 3 aromatic carbocycles. The van der Waals surface area contributed by atoms with Crippen LogP contribution in [0.25, 0.3) is 6.08 Å². The first-order valence-electron chi connectivity index (χ1n) is 11.8. The highest BCUT2D eigenvalue weighted by atomic mass is 127. The molecule has 0 atom stereocenters. The molecule has 39 heavy (non-hydrogen) atoms. The summed E-state index contributed by atoms with van der Waals surface area (Å²) in [5, 5.41) is 1.28. The number of anilines is 1. The molecule has 0 unspecified atom stereocenters. The van der Waals surface area contributed by atoms with E-state index >= 15 is 0 Å². The smallest absolute Gasteiger partial charge is 0.325 e. The minimum atomic E-state index is -0.540. The molecule has 0 aliphatic carbocycles. The van der Waals surface area contributed by atoms with Gasteiger partial charge in [-0.2, -0.15) is 0 Å². The summed E-state index contributed by atoms with van der Waals surface area (Å²) in [5.74, 6) is 0.132. The predicted molar refractivity (Wildman–Crippen MR) is 164 cm³/mol. The highest BCUT2D eigenvalue weighted by Crippen LogP contribution is 2.37. The van der Waals surface area contributed by atoms with E-state index < -0.39 is 11.9 Å². The van der Waals surface area contributed by atoms with Crippen LogP contribution in [0, 0.1) is 3.57 Å². The number of rotatable bonds is 9. The summed E-state index contributed by atoms with van der Waals surface area (Å²) in [6.45, 7) is 2.30. The van der Waals surface area contributed by atoms with Gasteiger partial charge in [0.15, 0.2) is 16.6 Å². The second-order valence-electron chi connectivity index (χ2n) is 8.23. The number of thiocarbonyl (C=S) groups is 1. The molecule has 0 aromatic heterocycles. The van der Waals surface area contributed by atoms with Crippen molar-refractivity contribution < 1.29 is 23.8 Å². The minimum Gasteiger partial charge on any atom is -0.490 e. The Balaban J connectivity index is 1.71. The zero-order valence-electron chi connectivity index (χ0n) is 20.9. The Bertz CT molecular complexity index is 1450. The fraction of sp³-hybridized carbons (Fsp3) is 0.179. The van der Waals surface area contributed by atoms with E-state index in [1.54, 1.807) is 42.5 Å². The number of benzene rings is 3. The normalized spacial score (nSPS) is 14.2. The van der Waals surface area contributed by atoms with E-state index in [4.69, 9.17) is 49.6 Å². The van der Waals surface area contributed by atoms with E-state index in [0.29, 0.717) is 39.4 Å². The average molecular weight is 697 g/mol. The molecular formula is C28H23Cl2IN2O5S. The summed E-state index contributed by atoms with van der Waals surface area (Å²) < 4.78 is 17.6. The topological polar surface area (TPSA) is 68.3 Å². The second kappa shape index (κ2) is 13.0. The fourth-order valence-corrected chi connectivity index (χ4v) is 5.29. The molecule has 0 radical (unpaired) electrons. The lowest BCUT2D eigenvalue weighted by Crippen LogP contribution is -2.35. The van der Waals surface area contributed by atoms with Crippen LogP contribution in [0.2, 0.25) is 10.0 Å². The van der Waals surface area contributed by atoms with E-state index in [-0.39, 0.29) is 24.0 Å². The Morgan fingerprint density at radius 3 is 2.46 bits per heavy atom. The first-order chi connectivity index (χ1) is 18.7. The zero-order chi connectivity index (χ0) is 28.1. The Morgan fingerprint density at radius 2 is 1.79 bits per heavy atom. The number of hydrogen-bond acceptors (Lipinski definition) is 6. The standard InChI is InChI=1S/C28H23Cl2IN2O5S/c1-3-37-24-14-17(12-22(31)26(24)38-16-18-6-4-5-7-21(18)30)13-23-27(35)33(20-10-8-19(29)9-11-20)28(39)32(23)15-25(34)36-2/h4-14H,3,15-16H2,1-2H3/b23-13-. The second-order valence-corrected chi connectivity index (χ2v) is 10.6. The van der Waals surface area contributed by atoms with Gasteiger partial charge in [-0.15, -0.1) is 0 Å². The van der Waals surface area contributed by atoms with Crippen LogP contribution >= 0.6 is 58.0 Å². The van der Waals surface area contributed by atoms with Crippen molar-refractivity contribution in [2.75, 3.05) is 25.2 Å². The van der Waals surface area contributed by atoms with Crippen molar-refractivity contribution >= 4 is 86.8 Å². The van der Waals surface area contributed by atoms with Gasteiger partial charge in [-0.1, -0.05) is 41.4 Å². The Hall–Kier alpha value is -2.86. The lowest BCUT2D eigenvalue weighted by Gasteiger charge is -2.19. The largest absolute Gasteiger partial charge is 0.490 e. The highest BCUT2D eigenvalue weighted by Gasteiger charge is 2.40. The van der Waals surface area contributed by atoms with Gasteiger partial charge in [0.2, 0.25) is 0 Å². The van der Waals surface area contributed by atoms with Gasteiger partial charge in [-0.05, 0) is 95.8 Å². The monoisotopic (exact) mass is 696 g/mol. The first kappa shape index (κ1) is 29.1. The van der Waals surface area contributed by atoms with Crippen LogP contribution in [-0.2, 0) is 20.9 Å². The van der Waals surface area contributed by atoms with Crippen molar-refractivity contribution in [3.05, 3.63) is 91.1 Å². The first-order valence-corrected chi connectivity index (χ1v) is 14.0. The summed E-state index contributed by atoms with van der Waals surface area (Å²) >= 11 is 20.1. The summed E-state index contributed by atoms with van der Waals surface area (Å²) in [6, 6.07) is 17.8. The molecule has 1 saturated heterocycles. The van der Waals surface area contributed by atoms with Gasteiger partial charge in [0.1, 0.15) is 18.8 Å². The number of carbonyl (C=O) groups excluding carboxylic acids is 2. The van der Waals surface area contributed by atoms with Crippen molar-refractivity contribution in [1.29, 1.82) is 0 Å². The third-order valence-electron chi connectivity index (χ3n) is 5.70. The van der Waals surface area contributed by atoms with Crippen LogP contribution in [0.3, 0.4) is 0 Å². The van der Waals surface area contributed by atoms with Gasteiger partial charge in [-0.3, -0.25) is 14.5 Å². The summed E-state index contributed by atoms with van der Waals surface area (Å²) in [7, 11) is 1.28. The van der Waals surface area contributed by atoms with Crippen LogP contribution in [0.15, 0.2) is 66.4 Å². The van der Waals surface area contributed by atoms with E-state index in [1.165, 1.54) is 16.9 Å². The maximum Gasteiger partial charge on any atom is 0.325 e. The number of hydrogen-bond donors (Lipinski definition) is 0. The molecular weight excluding hydrogens is 674 g/mol. The third kappa shape index (κ3) is 6.66. The number of methoxy groups -OCH3 is 1. The average Bonchev–Trinajstić information content (AvgIpc) is 3.13. The lowest BCUT2D eigenvalue weighted by molar-refractivity contribution is -0.140. The van der Waals surface area contributed by atoms with Crippen molar-refractivity contribution in [3.8, 4) is 11.5 Å². The maximum atomic E-state index is 13.6. The van der Waals surface area contributed by atoms with Crippen LogP contribution in [0.4, 0.5) is 5.69 Å². The molecule has 0 bridgehead atoms. The highest BCUT2D eigenvalue weighted by molar-refractivity contribution is 14.1. The van der Waals surface area contributed by atoms with Gasteiger partial charge < -0.3 is 19.1 Å². The zero-order valence-corrected chi connectivity index (χ0v) is 25.4. The molecule has 7 nitrogen and oxygen atoms in total. The van der Waals surface area contributed by atoms with Crippen LogP contribution < -0.4 is 14.4 Å². The molecule has 3 aromatic rings. The van der Waals surface area contributed by atoms with Crippen LogP contribution in [0.5, 0.6) is 11.5 Å². The maximum absolute atomic E-state index is 13.6. The molecule has 1 heterocycles. The molecule has 4 rings (SSSR count). The summed E-state index contributed by atoms with van der Waals surface area (Å²) in [5.41, 5.74) is 2.24. The van der Waals surface area contributed by atoms with Crippen LogP contribution in [0.1, 0.15) is 18.1 Å². The Kier molecular flexibility index (Phi) is 9.71. The van der Waals surface area contributed by atoms with Crippen molar-refractivity contribution in [2.24, 2.45) is 0 Å². The Labute approximate surface area is 255 Å². The predicted octanol–water partition coefficient (Wildman–Crippen LogP) is 6.72. The number of halogens is 3. The number of amides is 1. The molecule has 0 spiro atoms. The van der Waals surface area contributed by atoms with Gasteiger partial charge in [-0.25, -0.2) is 0 Å². The minimum absolute atomic E-state index is 0.151. The summed E-state index contributed by atoms with van der Waals surface area (Å²) in [6.07, 6.45) is 1.66. The fourth-order valence-electron chi connectivity index (χ4n) is 3.84. The van der Waals surface area contributed by atoms with Gasteiger partial charge >= 0.3 is 5.97 Å². The van der Waals surface area contributed by atoms with E-state index in [9.17, 15) is 9.59 Å². The molecule has 1 fully saturated rings. The molecule has 202 valence electrons. The van der Waals surface area contributed by atoms with E-state index in [2.05, 4.69) is 22.6 Å². The quantitative estimate of drug-likeness (QED) is 0.107. The van der Waals surface area contributed by atoms with Crippen molar-refractivity contribution in [2.45, 2.75) is 13.5 Å². The van der Waals surface area contributed by atoms with Gasteiger partial charge in [0, 0.05) is 15.6 Å². The van der Waals surface area contributed by atoms with Gasteiger partial charge in [0.05, 0.1) is 23.0 Å². The van der Waals surface area contributed by atoms with Crippen LogP contribution in [-0.4, -0.2) is 42.2 Å². The molecule has 1 aliphatic heterocycles. The van der Waals surface area contributed by atoms with Crippen molar-refractivity contribution in [1.82, 2.24) is 4.90 Å². The number of nitrogens with zero attached hydrogens (tertiary/aromatic N) is 2. The number of ether oxygens (including phenoxy) is 3. The molecule has 1 amide bonds. The Morgan fingerprint density at radius 1 is 1.08 bits per heavy atom. The summed E-state index contributed by atoms with van der Waals surface area (Å²) in [4.78, 5) is 28.6. The number of carbonyl (C=O) groups is 2. The molecule has 0 saturated carbocycles. The third-order valence-corrected chi connectivity index (χ3v) is 7.52. The van der Waals surface area contributed by atoms with E-state index in [0.717, 1.165) is 9.13 Å². The van der Waals surface area contributed by atoms with Gasteiger partial charge in [0.25, 0.3) is 5.91 Å². The molecule has 0 N–H and O–H groups in total. The lowest BCUT2D eigenvalue weighted by atomic mass is 10.1. The SMILES string of the molecule is CCOc1cc(/C=C2/C(=O)N(c3ccc(Cl)cc3)C(=S)N2CC(=O)OC)cc(I)c1OCc1ccccc1Cl. The van der Waals surface area contributed by atoms with E-state index in [1.807, 2.05) is 31.2 Å². The molecule has 1 aliphatic rings. The number of esters is 1.